The van der Waals surface area contributed by atoms with E-state index in [0.29, 0.717) is 5.54 Å². The molecule has 2 fully saturated rings. The molecule has 84 valence electrons. The molecule has 2 heteroatoms. The first-order chi connectivity index (χ1) is 6.72. The Morgan fingerprint density at radius 3 is 2.36 bits per heavy atom. The van der Waals surface area contributed by atoms with Crippen LogP contribution in [0.4, 0.5) is 0 Å². The molecule has 1 atom stereocenters. The van der Waals surface area contributed by atoms with Gasteiger partial charge in [-0.05, 0) is 39.7 Å². The van der Waals surface area contributed by atoms with Crippen LogP contribution < -0.4 is 5.32 Å². The van der Waals surface area contributed by atoms with Gasteiger partial charge in [0.05, 0.1) is 0 Å². The van der Waals surface area contributed by atoms with Crippen molar-refractivity contribution in [1.29, 1.82) is 0 Å². The number of likely N-dealkylation sites (tertiary alicyclic amines) is 1. The number of nitrogens with one attached hydrogen (secondary N) is 1. The lowest BCUT2D eigenvalue weighted by Gasteiger charge is -2.26. The molecule has 2 saturated heterocycles. The smallest absolute Gasteiger partial charge is 0.0321 e. The van der Waals surface area contributed by atoms with Gasteiger partial charge in [-0.25, -0.2) is 0 Å². The third-order valence-electron chi connectivity index (χ3n) is 3.45. The summed E-state index contributed by atoms with van der Waals surface area (Å²) >= 11 is 0. The first-order valence-electron chi connectivity index (χ1n) is 6.21. The third-order valence-corrected chi connectivity index (χ3v) is 3.45. The van der Waals surface area contributed by atoms with Gasteiger partial charge in [-0.3, -0.25) is 4.90 Å². The number of hydrogen-bond acceptors (Lipinski definition) is 2. The van der Waals surface area contributed by atoms with E-state index in [1.165, 1.54) is 38.9 Å². The Kier molecular flexibility index (Phi) is 4.39. The van der Waals surface area contributed by atoms with Crippen molar-refractivity contribution in [2.24, 2.45) is 0 Å². The van der Waals surface area contributed by atoms with E-state index in [-0.39, 0.29) is 0 Å². The van der Waals surface area contributed by atoms with Gasteiger partial charge in [0.2, 0.25) is 0 Å². The summed E-state index contributed by atoms with van der Waals surface area (Å²) in [7, 11) is 0. The van der Waals surface area contributed by atoms with Crippen LogP contribution in [0.3, 0.4) is 0 Å². The molecule has 2 heterocycles. The molecule has 2 aliphatic rings. The molecule has 0 radical (unpaired) electrons. The van der Waals surface area contributed by atoms with Gasteiger partial charge in [0.1, 0.15) is 0 Å². The van der Waals surface area contributed by atoms with Crippen LogP contribution in [0.15, 0.2) is 0 Å². The minimum atomic E-state index is 0.518. The van der Waals surface area contributed by atoms with Crippen LogP contribution in [0.25, 0.3) is 0 Å². The van der Waals surface area contributed by atoms with Crippen molar-refractivity contribution in [3.05, 3.63) is 0 Å². The second kappa shape index (κ2) is 5.13. The summed E-state index contributed by atoms with van der Waals surface area (Å²) < 4.78 is 0. The van der Waals surface area contributed by atoms with Crippen molar-refractivity contribution in [3.8, 4) is 0 Å². The zero-order valence-corrected chi connectivity index (χ0v) is 10.3. The van der Waals surface area contributed by atoms with Crippen molar-refractivity contribution in [2.45, 2.75) is 58.5 Å². The van der Waals surface area contributed by atoms with Gasteiger partial charge in [0, 0.05) is 24.7 Å². The van der Waals surface area contributed by atoms with Crippen LogP contribution in [0, 0.1) is 0 Å². The predicted octanol–water partition coefficient (Wildman–Crippen LogP) is 2.25. The van der Waals surface area contributed by atoms with Crippen molar-refractivity contribution in [1.82, 2.24) is 10.2 Å². The largest absolute Gasteiger partial charge is 0.310 e. The molecule has 1 unspecified atom stereocenters. The highest BCUT2D eigenvalue weighted by Gasteiger charge is 2.40. The van der Waals surface area contributed by atoms with E-state index in [4.69, 9.17) is 0 Å². The second-order valence-corrected chi connectivity index (χ2v) is 4.62. The third kappa shape index (κ3) is 2.48. The first-order valence-corrected chi connectivity index (χ1v) is 6.21. The lowest BCUT2D eigenvalue weighted by atomic mass is 9.97. The monoisotopic (exact) mass is 198 g/mol. The normalized spacial score (nSPS) is 32.4. The number of nitrogens with zero attached hydrogens (tertiary/aromatic N) is 1. The molecule has 1 spiro atoms. The molecule has 2 rings (SSSR count). The van der Waals surface area contributed by atoms with Crippen molar-refractivity contribution < 1.29 is 0 Å². The lowest BCUT2D eigenvalue weighted by Crippen LogP contribution is -2.43. The van der Waals surface area contributed by atoms with Crippen molar-refractivity contribution in [3.63, 3.8) is 0 Å². The molecule has 0 bridgehead atoms. The van der Waals surface area contributed by atoms with E-state index in [0.717, 1.165) is 6.04 Å². The molecule has 0 aromatic carbocycles. The van der Waals surface area contributed by atoms with Crippen molar-refractivity contribution >= 4 is 0 Å². The average molecular weight is 198 g/mol. The van der Waals surface area contributed by atoms with E-state index in [9.17, 15) is 0 Å². The fourth-order valence-corrected chi connectivity index (χ4v) is 2.56. The molecule has 14 heavy (non-hydrogen) atoms. The maximum atomic E-state index is 3.68. The summed E-state index contributed by atoms with van der Waals surface area (Å²) in [6.45, 7) is 12.4. The van der Waals surface area contributed by atoms with Crippen LogP contribution in [0.2, 0.25) is 0 Å². The van der Waals surface area contributed by atoms with E-state index in [2.05, 4.69) is 24.1 Å². The van der Waals surface area contributed by atoms with E-state index < -0.39 is 0 Å². The topological polar surface area (TPSA) is 15.3 Å². The Labute approximate surface area is 89.1 Å². The second-order valence-electron chi connectivity index (χ2n) is 4.62. The van der Waals surface area contributed by atoms with E-state index in [1.54, 1.807) is 0 Å². The Balaban J connectivity index is 0.000000461. The predicted molar refractivity (Wildman–Crippen MR) is 62.6 cm³/mol. The van der Waals surface area contributed by atoms with Gasteiger partial charge >= 0.3 is 0 Å². The summed E-state index contributed by atoms with van der Waals surface area (Å²) in [5.74, 6) is 0. The molecule has 1 N–H and O–H groups in total. The summed E-state index contributed by atoms with van der Waals surface area (Å²) in [4.78, 5) is 2.60. The maximum absolute atomic E-state index is 3.68. The lowest BCUT2D eigenvalue weighted by molar-refractivity contribution is 0.249. The molecule has 0 aromatic rings. The molecule has 0 aromatic heterocycles. The molecular formula is C12H26N2. The molecule has 0 amide bonds. The van der Waals surface area contributed by atoms with E-state index in [1.807, 2.05) is 13.8 Å². The Bertz CT molecular complexity index is 160. The standard InChI is InChI=1S/C10H20N2.C2H6/c1-9(2)12-7-5-10(8-12)4-3-6-11-10;1-2/h9,11H,3-8H2,1-2H3;1-2H3. The van der Waals surface area contributed by atoms with Crippen molar-refractivity contribution in [2.75, 3.05) is 19.6 Å². The Morgan fingerprint density at radius 2 is 1.93 bits per heavy atom. The highest BCUT2D eigenvalue weighted by atomic mass is 15.2. The van der Waals surface area contributed by atoms with E-state index >= 15 is 0 Å². The van der Waals surface area contributed by atoms with Gasteiger partial charge in [-0.15, -0.1) is 0 Å². The molecular weight excluding hydrogens is 172 g/mol. The molecule has 0 saturated carbocycles. The molecule has 2 aliphatic heterocycles. The fraction of sp³-hybridized carbons (Fsp3) is 1.00. The van der Waals surface area contributed by atoms with Crippen LogP contribution in [-0.2, 0) is 0 Å². The molecule has 2 nitrogen and oxygen atoms in total. The Hall–Kier alpha value is -0.0800. The minimum Gasteiger partial charge on any atom is -0.310 e. The average Bonchev–Trinajstić information content (AvgIpc) is 2.81. The minimum absolute atomic E-state index is 0.518. The van der Waals surface area contributed by atoms with Crippen LogP contribution in [0.5, 0.6) is 0 Å². The highest BCUT2D eigenvalue weighted by Crippen LogP contribution is 2.30. The maximum Gasteiger partial charge on any atom is 0.0321 e. The summed E-state index contributed by atoms with van der Waals surface area (Å²) in [5.41, 5.74) is 0.518. The van der Waals surface area contributed by atoms with Gasteiger partial charge in [-0.2, -0.15) is 0 Å². The van der Waals surface area contributed by atoms with Gasteiger partial charge < -0.3 is 5.32 Å². The molecule has 0 aliphatic carbocycles. The zero-order chi connectivity index (χ0) is 10.6. The summed E-state index contributed by atoms with van der Waals surface area (Å²) in [5, 5.41) is 3.68. The first kappa shape index (κ1) is 12.0. The number of rotatable bonds is 1. The number of hydrogen-bond donors (Lipinski definition) is 1. The highest BCUT2D eigenvalue weighted by molar-refractivity contribution is 5.01. The van der Waals surface area contributed by atoms with Crippen LogP contribution >= 0.6 is 0 Å². The summed E-state index contributed by atoms with van der Waals surface area (Å²) in [6, 6.07) is 0.728. The van der Waals surface area contributed by atoms with Gasteiger partial charge in [0.25, 0.3) is 0 Å². The fourth-order valence-electron chi connectivity index (χ4n) is 2.56. The SMILES string of the molecule is CC.CC(C)N1CCC2(CCCN2)C1. The van der Waals surface area contributed by atoms with Crippen LogP contribution in [-0.4, -0.2) is 36.1 Å². The van der Waals surface area contributed by atoms with Gasteiger partial charge in [-0.1, -0.05) is 13.8 Å². The summed E-state index contributed by atoms with van der Waals surface area (Å²) in [6.07, 6.45) is 4.15. The van der Waals surface area contributed by atoms with Gasteiger partial charge in [0.15, 0.2) is 0 Å². The quantitative estimate of drug-likeness (QED) is 0.695. The zero-order valence-electron chi connectivity index (χ0n) is 10.3. The Morgan fingerprint density at radius 1 is 1.21 bits per heavy atom. The van der Waals surface area contributed by atoms with Crippen LogP contribution in [0.1, 0.15) is 47.0 Å².